The molecule has 9 heteroatoms. The van der Waals surface area contributed by atoms with Crippen molar-refractivity contribution in [3.8, 4) is 11.3 Å². The van der Waals surface area contributed by atoms with Crippen LogP contribution in [0.1, 0.15) is 10.4 Å². The third kappa shape index (κ3) is 4.21. The lowest BCUT2D eigenvalue weighted by Crippen LogP contribution is -2.40. The topological polar surface area (TPSA) is 104 Å². The van der Waals surface area contributed by atoms with E-state index in [1.807, 2.05) is 18.2 Å². The zero-order chi connectivity index (χ0) is 20.3. The first-order valence-corrected chi connectivity index (χ1v) is 10.6. The molecule has 0 aliphatic carbocycles. The maximum atomic E-state index is 12.7. The van der Waals surface area contributed by atoms with E-state index in [0.717, 1.165) is 11.3 Å². The van der Waals surface area contributed by atoms with Crippen LogP contribution in [0.5, 0.6) is 0 Å². The number of hydrogen-bond donors (Lipinski definition) is 2. The van der Waals surface area contributed by atoms with Gasteiger partial charge >= 0.3 is 0 Å². The molecule has 1 aliphatic heterocycles. The van der Waals surface area contributed by atoms with Crippen LogP contribution in [-0.4, -0.2) is 55.1 Å². The third-order valence-corrected chi connectivity index (χ3v) is 6.59. The van der Waals surface area contributed by atoms with Crippen LogP contribution in [-0.2, 0) is 14.8 Å². The van der Waals surface area contributed by atoms with E-state index >= 15 is 0 Å². The number of aromatic nitrogens is 2. The van der Waals surface area contributed by atoms with E-state index in [4.69, 9.17) is 4.74 Å². The lowest BCUT2D eigenvalue weighted by Gasteiger charge is -2.26. The summed E-state index contributed by atoms with van der Waals surface area (Å²) in [4.78, 5) is 12.7. The van der Waals surface area contributed by atoms with Crippen molar-refractivity contribution < 1.29 is 17.9 Å². The Labute approximate surface area is 168 Å². The predicted molar refractivity (Wildman–Crippen MR) is 108 cm³/mol. The molecule has 1 aliphatic rings. The fourth-order valence-electron chi connectivity index (χ4n) is 3.07. The summed E-state index contributed by atoms with van der Waals surface area (Å²) in [5.41, 5.74) is 2.87. The van der Waals surface area contributed by atoms with Crippen LogP contribution in [0.4, 0.5) is 5.69 Å². The van der Waals surface area contributed by atoms with E-state index in [1.165, 1.54) is 28.6 Å². The molecule has 0 spiro atoms. The second-order valence-electron chi connectivity index (χ2n) is 6.54. The number of ether oxygens (including phenoxy) is 1. The van der Waals surface area contributed by atoms with E-state index in [1.54, 1.807) is 18.3 Å². The Hall–Kier alpha value is -3.01. The van der Waals surface area contributed by atoms with Crippen LogP contribution in [0, 0.1) is 0 Å². The zero-order valence-electron chi connectivity index (χ0n) is 15.5. The molecule has 0 unspecified atom stereocenters. The minimum atomic E-state index is -3.58. The van der Waals surface area contributed by atoms with Crippen molar-refractivity contribution >= 4 is 21.6 Å². The zero-order valence-corrected chi connectivity index (χ0v) is 16.4. The van der Waals surface area contributed by atoms with E-state index in [2.05, 4.69) is 15.5 Å². The van der Waals surface area contributed by atoms with E-state index in [9.17, 15) is 13.2 Å². The number of H-pyrrole nitrogens is 1. The standard InChI is InChI=1S/C20H20N4O4S/c25-20(22-17-5-1-15(2-6-17)19-9-10-21-23-19)16-3-7-18(8-4-16)29(26,27)24-11-13-28-14-12-24/h1-10H,11-14H2,(H,21,23)(H,22,25). The van der Waals surface area contributed by atoms with Crippen LogP contribution in [0.25, 0.3) is 11.3 Å². The summed E-state index contributed by atoms with van der Waals surface area (Å²) in [5.74, 6) is -0.311. The van der Waals surface area contributed by atoms with Gasteiger partial charge in [0.15, 0.2) is 0 Å². The summed E-state index contributed by atoms with van der Waals surface area (Å²) in [5, 5.41) is 9.61. The van der Waals surface area contributed by atoms with Crippen molar-refractivity contribution in [1.82, 2.24) is 14.5 Å². The van der Waals surface area contributed by atoms with Gasteiger partial charge in [0.25, 0.3) is 5.91 Å². The lowest BCUT2D eigenvalue weighted by atomic mass is 10.1. The highest BCUT2D eigenvalue weighted by atomic mass is 32.2. The second-order valence-corrected chi connectivity index (χ2v) is 8.48. The maximum absolute atomic E-state index is 12.7. The van der Waals surface area contributed by atoms with Gasteiger partial charge in [0.2, 0.25) is 10.0 Å². The van der Waals surface area contributed by atoms with E-state index in [-0.39, 0.29) is 10.8 Å². The van der Waals surface area contributed by atoms with Crippen molar-refractivity contribution in [2.45, 2.75) is 4.90 Å². The Morgan fingerprint density at radius 2 is 1.69 bits per heavy atom. The number of anilines is 1. The van der Waals surface area contributed by atoms with Crippen molar-refractivity contribution in [3.05, 3.63) is 66.4 Å². The molecule has 1 fully saturated rings. The van der Waals surface area contributed by atoms with Crippen molar-refractivity contribution in [1.29, 1.82) is 0 Å². The molecule has 1 amide bonds. The third-order valence-electron chi connectivity index (χ3n) is 4.68. The predicted octanol–water partition coefficient (Wildman–Crippen LogP) is 2.35. The summed E-state index contributed by atoms with van der Waals surface area (Å²) < 4.78 is 31.9. The Bertz CT molecular complexity index is 1070. The maximum Gasteiger partial charge on any atom is 0.255 e. The molecule has 0 radical (unpaired) electrons. The molecule has 2 N–H and O–H groups in total. The number of benzene rings is 2. The van der Waals surface area contributed by atoms with Gasteiger partial charge in [-0.1, -0.05) is 12.1 Å². The lowest BCUT2D eigenvalue weighted by molar-refractivity contribution is 0.0730. The number of carbonyl (C=O) groups is 1. The molecular formula is C20H20N4O4S. The molecule has 1 saturated heterocycles. The van der Waals surface area contributed by atoms with Crippen LogP contribution < -0.4 is 5.32 Å². The van der Waals surface area contributed by atoms with Crippen LogP contribution >= 0.6 is 0 Å². The second kappa shape index (κ2) is 8.16. The number of sulfonamides is 1. The molecule has 2 aromatic carbocycles. The summed E-state index contributed by atoms with van der Waals surface area (Å²) in [7, 11) is -3.58. The number of morpholine rings is 1. The summed E-state index contributed by atoms with van der Waals surface area (Å²) >= 11 is 0. The van der Waals surface area contributed by atoms with Gasteiger partial charge in [-0.25, -0.2) is 8.42 Å². The quantitative estimate of drug-likeness (QED) is 0.669. The van der Waals surface area contributed by atoms with Gasteiger partial charge in [0.05, 0.1) is 23.8 Å². The number of nitrogens with one attached hydrogen (secondary N) is 2. The first kappa shape index (κ1) is 19.3. The van der Waals surface area contributed by atoms with Gasteiger partial charge in [0.1, 0.15) is 0 Å². The molecule has 150 valence electrons. The highest BCUT2D eigenvalue weighted by Gasteiger charge is 2.26. The van der Waals surface area contributed by atoms with Gasteiger partial charge in [-0.2, -0.15) is 9.40 Å². The molecule has 8 nitrogen and oxygen atoms in total. The number of rotatable bonds is 5. The van der Waals surface area contributed by atoms with Crippen LogP contribution in [0.3, 0.4) is 0 Å². The smallest absolute Gasteiger partial charge is 0.255 e. The van der Waals surface area contributed by atoms with Gasteiger partial charge in [0, 0.05) is 30.5 Å². The average molecular weight is 412 g/mol. The Morgan fingerprint density at radius 1 is 1.00 bits per heavy atom. The number of amides is 1. The summed E-state index contributed by atoms with van der Waals surface area (Å²) in [6.45, 7) is 1.44. The fourth-order valence-corrected chi connectivity index (χ4v) is 4.48. The number of aromatic amines is 1. The monoisotopic (exact) mass is 412 g/mol. The van der Waals surface area contributed by atoms with Gasteiger partial charge in [-0.05, 0) is 48.0 Å². The van der Waals surface area contributed by atoms with E-state index < -0.39 is 10.0 Å². The normalized spacial score (nSPS) is 15.2. The van der Waals surface area contributed by atoms with Gasteiger partial charge in [-0.15, -0.1) is 0 Å². The van der Waals surface area contributed by atoms with Crippen molar-refractivity contribution in [3.63, 3.8) is 0 Å². The molecule has 4 rings (SSSR count). The molecule has 2 heterocycles. The Balaban J connectivity index is 1.44. The molecule has 0 saturated carbocycles. The van der Waals surface area contributed by atoms with Crippen molar-refractivity contribution in [2.75, 3.05) is 31.6 Å². The van der Waals surface area contributed by atoms with Crippen molar-refractivity contribution in [2.24, 2.45) is 0 Å². The minimum Gasteiger partial charge on any atom is -0.379 e. The first-order valence-electron chi connectivity index (χ1n) is 9.13. The fraction of sp³-hybridized carbons (Fsp3) is 0.200. The molecule has 1 aromatic heterocycles. The Morgan fingerprint density at radius 3 is 2.31 bits per heavy atom. The molecule has 0 atom stereocenters. The SMILES string of the molecule is O=C(Nc1ccc(-c2ccn[nH]2)cc1)c1ccc(S(=O)(=O)N2CCOCC2)cc1. The average Bonchev–Trinajstić information content (AvgIpc) is 3.30. The van der Waals surface area contributed by atoms with Crippen LogP contribution in [0.2, 0.25) is 0 Å². The summed E-state index contributed by atoms with van der Waals surface area (Å²) in [6, 6.07) is 15.2. The summed E-state index contributed by atoms with van der Waals surface area (Å²) in [6.07, 6.45) is 1.67. The van der Waals surface area contributed by atoms with Gasteiger partial charge < -0.3 is 10.1 Å². The minimum absolute atomic E-state index is 0.167. The molecule has 0 bridgehead atoms. The number of hydrogen-bond acceptors (Lipinski definition) is 5. The number of carbonyl (C=O) groups excluding carboxylic acids is 1. The molecule has 3 aromatic rings. The highest BCUT2D eigenvalue weighted by Crippen LogP contribution is 2.21. The first-order chi connectivity index (χ1) is 14.0. The molecule has 29 heavy (non-hydrogen) atoms. The molecular weight excluding hydrogens is 392 g/mol. The Kier molecular flexibility index (Phi) is 5.43. The largest absolute Gasteiger partial charge is 0.379 e. The highest BCUT2D eigenvalue weighted by molar-refractivity contribution is 7.89. The van der Waals surface area contributed by atoms with Crippen LogP contribution in [0.15, 0.2) is 65.7 Å². The van der Waals surface area contributed by atoms with Gasteiger partial charge in [-0.3, -0.25) is 9.89 Å². The number of nitrogens with zero attached hydrogens (tertiary/aromatic N) is 2. The van der Waals surface area contributed by atoms with E-state index in [0.29, 0.717) is 37.6 Å².